The van der Waals surface area contributed by atoms with Gasteiger partial charge in [0.1, 0.15) is 11.2 Å². The predicted molar refractivity (Wildman–Crippen MR) is 134 cm³/mol. The minimum atomic E-state index is -0.137. The molecule has 0 radical (unpaired) electrons. The van der Waals surface area contributed by atoms with Gasteiger partial charge in [0.2, 0.25) is 5.95 Å². The van der Waals surface area contributed by atoms with Gasteiger partial charge in [0.15, 0.2) is 11.5 Å². The number of aryl methyl sites for hydroxylation is 1. The Hall–Kier alpha value is -3.46. The van der Waals surface area contributed by atoms with E-state index in [2.05, 4.69) is 54.6 Å². The van der Waals surface area contributed by atoms with E-state index in [1.165, 1.54) is 11.1 Å². The predicted octanol–water partition coefficient (Wildman–Crippen LogP) is 3.58. The van der Waals surface area contributed by atoms with Gasteiger partial charge in [0.25, 0.3) is 5.56 Å². The van der Waals surface area contributed by atoms with Crippen LogP contribution in [0.4, 0.5) is 11.6 Å². The summed E-state index contributed by atoms with van der Waals surface area (Å²) in [6.45, 7) is 12.2. The zero-order chi connectivity index (χ0) is 24.2. The number of aromatic nitrogens is 6. The lowest BCUT2D eigenvalue weighted by Gasteiger charge is -2.18. The Kier molecular flexibility index (Phi) is 5.31. The lowest BCUT2D eigenvalue weighted by Crippen LogP contribution is -2.24. The number of rotatable bonds is 4. The lowest BCUT2D eigenvalue weighted by atomic mass is 9.96. The van der Waals surface area contributed by atoms with Gasteiger partial charge < -0.3 is 15.2 Å². The Morgan fingerprint density at radius 1 is 1.15 bits per heavy atom. The van der Waals surface area contributed by atoms with E-state index in [0.717, 1.165) is 31.0 Å². The Bertz CT molecular complexity index is 1430. The number of imidazole rings is 1. The normalized spacial score (nSPS) is 14.1. The third-order valence-electron chi connectivity index (χ3n) is 6.21. The summed E-state index contributed by atoms with van der Waals surface area (Å²) >= 11 is 0. The van der Waals surface area contributed by atoms with Crippen LogP contribution in [-0.2, 0) is 25.4 Å². The number of benzene rings is 1. The average Bonchev–Trinajstić information content (AvgIpc) is 3.31. The van der Waals surface area contributed by atoms with Gasteiger partial charge >= 0.3 is 0 Å². The first-order chi connectivity index (χ1) is 16.1. The highest BCUT2D eigenvalue weighted by Gasteiger charge is 2.25. The molecule has 178 valence electrons. The van der Waals surface area contributed by atoms with E-state index in [9.17, 15) is 4.79 Å². The van der Waals surface area contributed by atoms with E-state index in [0.29, 0.717) is 22.8 Å². The second-order valence-electron chi connectivity index (χ2n) is 10.3. The van der Waals surface area contributed by atoms with Gasteiger partial charge in [-0.25, -0.2) is 19.3 Å². The number of fused-ring (bicyclic) bond motifs is 2. The van der Waals surface area contributed by atoms with E-state index in [-0.39, 0.29) is 17.0 Å². The van der Waals surface area contributed by atoms with E-state index in [4.69, 9.17) is 9.97 Å². The zero-order valence-electron chi connectivity index (χ0n) is 20.7. The standard InChI is InChI=1S/C25H32N8O/c1-15(2)32-22(34)19-13-27-24(28-18-8-7-16-9-10-26-12-17(16)11-18)30-21(19)33(32)20-14-31(6)23(29-20)25(3,4)5/h7-8,11,13-15,26H,9-10,12H2,1-6H3,(H,27,28,30). The van der Waals surface area contributed by atoms with Crippen molar-refractivity contribution in [2.45, 2.75) is 59.0 Å². The van der Waals surface area contributed by atoms with Crippen LogP contribution in [-0.4, -0.2) is 35.4 Å². The molecule has 1 aliphatic rings. The van der Waals surface area contributed by atoms with Gasteiger partial charge in [-0.3, -0.25) is 4.79 Å². The van der Waals surface area contributed by atoms with Gasteiger partial charge in [-0.2, -0.15) is 4.98 Å². The molecule has 3 aromatic heterocycles. The Morgan fingerprint density at radius 2 is 1.94 bits per heavy atom. The number of nitrogens with zero attached hydrogens (tertiary/aromatic N) is 6. The van der Waals surface area contributed by atoms with Crippen LogP contribution >= 0.6 is 0 Å². The molecule has 0 amide bonds. The van der Waals surface area contributed by atoms with Crippen molar-refractivity contribution >= 4 is 22.7 Å². The van der Waals surface area contributed by atoms with Crippen molar-refractivity contribution in [2.24, 2.45) is 7.05 Å². The minimum absolute atomic E-state index is 0.0775. The quantitative estimate of drug-likeness (QED) is 0.483. The maximum absolute atomic E-state index is 13.3. The highest BCUT2D eigenvalue weighted by Crippen LogP contribution is 2.26. The molecule has 2 N–H and O–H groups in total. The molecule has 0 unspecified atom stereocenters. The Morgan fingerprint density at radius 3 is 2.65 bits per heavy atom. The Labute approximate surface area is 198 Å². The molecule has 34 heavy (non-hydrogen) atoms. The molecule has 0 bridgehead atoms. The van der Waals surface area contributed by atoms with Crippen LogP contribution in [0.15, 0.2) is 35.4 Å². The third-order valence-corrected chi connectivity index (χ3v) is 6.21. The van der Waals surface area contributed by atoms with Crippen LogP contribution in [0.5, 0.6) is 0 Å². The maximum Gasteiger partial charge on any atom is 0.278 e. The van der Waals surface area contributed by atoms with Crippen molar-refractivity contribution in [3.63, 3.8) is 0 Å². The molecule has 0 atom stereocenters. The lowest BCUT2D eigenvalue weighted by molar-refractivity contribution is 0.470. The molecular weight excluding hydrogens is 428 g/mol. The van der Waals surface area contributed by atoms with Crippen molar-refractivity contribution in [1.29, 1.82) is 0 Å². The summed E-state index contributed by atoms with van der Waals surface area (Å²) in [5, 5.41) is 7.20. The van der Waals surface area contributed by atoms with E-state index in [1.54, 1.807) is 10.9 Å². The fourth-order valence-electron chi connectivity index (χ4n) is 4.68. The summed E-state index contributed by atoms with van der Waals surface area (Å²) in [5.74, 6) is 2.04. The number of hydrogen-bond acceptors (Lipinski definition) is 6. The molecule has 5 rings (SSSR count). The van der Waals surface area contributed by atoms with Crippen LogP contribution in [0.1, 0.15) is 57.6 Å². The molecule has 4 aromatic rings. The summed E-state index contributed by atoms with van der Waals surface area (Å²) in [5.41, 5.74) is 3.85. The van der Waals surface area contributed by atoms with Crippen LogP contribution in [0.3, 0.4) is 0 Å². The molecule has 1 aliphatic heterocycles. The maximum atomic E-state index is 13.3. The van der Waals surface area contributed by atoms with Gasteiger partial charge in [-0.1, -0.05) is 26.8 Å². The van der Waals surface area contributed by atoms with Crippen molar-refractivity contribution in [3.05, 3.63) is 57.9 Å². The number of anilines is 2. The highest BCUT2D eigenvalue weighted by atomic mass is 16.1. The molecule has 0 fully saturated rings. The first kappa shape index (κ1) is 22.3. The topological polar surface area (TPSA) is 94.6 Å². The summed E-state index contributed by atoms with van der Waals surface area (Å²) in [4.78, 5) is 27.4. The first-order valence-corrected chi connectivity index (χ1v) is 11.8. The van der Waals surface area contributed by atoms with Crippen molar-refractivity contribution in [3.8, 4) is 5.82 Å². The van der Waals surface area contributed by atoms with E-state index < -0.39 is 0 Å². The molecule has 0 spiro atoms. The van der Waals surface area contributed by atoms with E-state index in [1.807, 2.05) is 36.3 Å². The molecule has 4 heterocycles. The zero-order valence-corrected chi connectivity index (χ0v) is 20.7. The van der Waals surface area contributed by atoms with Gasteiger partial charge in [0, 0.05) is 43.1 Å². The van der Waals surface area contributed by atoms with E-state index >= 15 is 0 Å². The summed E-state index contributed by atoms with van der Waals surface area (Å²) in [6, 6.07) is 6.27. The second kappa shape index (κ2) is 8.09. The highest BCUT2D eigenvalue weighted by molar-refractivity contribution is 5.77. The van der Waals surface area contributed by atoms with Crippen molar-refractivity contribution in [2.75, 3.05) is 11.9 Å². The van der Waals surface area contributed by atoms with Crippen LogP contribution in [0, 0.1) is 0 Å². The number of nitrogens with one attached hydrogen (secondary N) is 2. The van der Waals surface area contributed by atoms with Gasteiger partial charge in [0.05, 0.1) is 0 Å². The smallest absolute Gasteiger partial charge is 0.278 e. The van der Waals surface area contributed by atoms with Crippen LogP contribution in [0.2, 0.25) is 0 Å². The molecular formula is C25H32N8O. The van der Waals surface area contributed by atoms with Gasteiger partial charge in [-0.15, -0.1) is 0 Å². The van der Waals surface area contributed by atoms with Crippen molar-refractivity contribution in [1.82, 2.24) is 34.2 Å². The SMILES string of the molecule is CC(C)n1c(=O)c2cnc(Nc3ccc4c(c3)CNCC4)nc2n1-c1cn(C)c(C(C)(C)C)n1. The fraction of sp³-hybridized carbons (Fsp3) is 0.440. The summed E-state index contributed by atoms with van der Waals surface area (Å²) < 4.78 is 5.53. The monoisotopic (exact) mass is 460 g/mol. The Balaban J connectivity index is 1.63. The molecule has 9 nitrogen and oxygen atoms in total. The largest absolute Gasteiger partial charge is 0.335 e. The van der Waals surface area contributed by atoms with Crippen LogP contribution in [0.25, 0.3) is 16.9 Å². The minimum Gasteiger partial charge on any atom is -0.335 e. The molecule has 0 aliphatic carbocycles. The van der Waals surface area contributed by atoms with Gasteiger partial charge in [-0.05, 0) is 50.1 Å². The molecule has 9 heteroatoms. The second-order valence-corrected chi connectivity index (χ2v) is 10.3. The molecule has 1 aromatic carbocycles. The summed E-state index contributed by atoms with van der Waals surface area (Å²) in [6.07, 6.45) is 4.59. The average molecular weight is 461 g/mol. The molecule has 0 saturated heterocycles. The summed E-state index contributed by atoms with van der Waals surface area (Å²) in [7, 11) is 1.98. The fourth-order valence-corrected chi connectivity index (χ4v) is 4.68. The van der Waals surface area contributed by atoms with Crippen LogP contribution < -0.4 is 16.2 Å². The molecule has 0 saturated carbocycles. The third kappa shape index (κ3) is 3.79. The first-order valence-electron chi connectivity index (χ1n) is 11.8. The van der Waals surface area contributed by atoms with Crippen molar-refractivity contribution < 1.29 is 0 Å². The number of hydrogen-bond donors (Lipinski definition) is 2.